The van der Waals surface area contributed by atoms with E-state index in [9.17, 15) is 8.78 Å². The summed E-state index contributed by atoms with van der Waals surface area (Å²) in [6, 6.07) is 11.1. The van der Waals surface area contributed by atoms with Crippen molar-refractivity contribution in [2.75, 3.05) is 0 Å². The fourth-order valence-electron chi connectivity index (χ4n) is 1.78. The van der Waals surface area contributed by atoms with Gasteiger partial charge in [-0.05, 0) is 35.2 Å². The van der Waals surface area contributed by atoms with Crippen LogP contribution in [0.3, 0.4) is 0 Å². The molecule has 0 radical (unpaired) electrons. The van der Waals surface area contributed by atoms with Crippen LogP contribution in [0.2, 0.25) is 0 Å². The molecule has 0 spiro atoms. The Hall–Kier alpha value is -1.70. The Balaban J connectivity index is 2.47. The first-order valence-electron chi connectivity index (χ1n) is 5.63. The summed E-state index contributed by atoms with van der Waals surface area (Å²) in [4.78, 5) is 0. The maximum Gasteiger partial charge on any atom is 0.131 e. The summed E-state index contributed by atoms with van der Waals surface area (Å²) < 4.78 is 27.0. The zero-order valence-electron chi connectivity index (χ0n) is 9.87. The lowest BCUT2D eigenvalue weighted by Gasteiger charge is -2.09. The minimum Gasteiger partial charge on any atom is -0.207 e. The van der Waals surface area contributed by atoms with Gasteiger partial charge in [0.15, 0.2) is 0 Å². The van der Waals surface area contributed by atoms with Crippen LogP contribution in [0.5, 0.6) is 0 Å². The number of halogens is 2. The van der Waals surface area contributed by atoms with E-state index >= 15 is 0 Å². The maximum absolute atomic E-state index is 13.9. The third kappa shape index (κ3) is 2.52. The molecule has 0 bridgehead atoms. The lowest BCUT2D eigenvalue weighted by molar-refractivity contribution is 0.622. The van der Waals surface area contributed by atoms with Gasteiger partial charge in [0.1, 0.15) is 11.6 Å². The summed E-state index contributed by atoms with van der Waals surface area (Å²) in [5.74, 6) is -0.373. The van der Waals surface area contributed by atoms with Crippen molar-refractivity contribution in [2.24, 2.45) is 0 Å². The molecule has 0 heterocycles. The largest absolute Gasteiger partial charge is 0.207 e. The lowest BCUT2D eigenvalue weighted by atomic mass is 9.98. The quantitative estimate of drug-likeness (QED) is 0.700. The van der Waals surface area contributed by atoms with Gasteiger partial charge in [-0.1, -0.05) is 38.1 Å². The van der Waals surface area contributed by atoms with Gasteiger partial charge >= 0.3 is 0 Å². The zero-order valence-corrected chi connectivity index (χ0v) is 9.87. The molecule has 2 aromatic carbocycles. The Morgan fingerprint density at radius 1 is 0.941 bits per heavy atom. The molecule has 0 saturated carbocycles. The summed E-state index contributed by atoms with van der Waals surface area (Å²) in [6.45, 7) is 4.02. The average molecular weight is 232 g/mol. The van der Waals surface area contributed by atoms with Crippen molar-refractivity contribution in [3.63, 3.8) is 0 Å². The predicted molar refractivity (Wildman–Crippen MR) is 65.9 cm³/mol. The fourth-order valence-corrected chi connectivity index (χ4v) is 1.78. The van der Waals surface area contributed by atoms with Crippen molar-refractivity contribution in [1.29, 1.82) is 0 Å². The Bertz CT molecular complexity index is 530. The zero-order chi connectivity index (χ0) is 12.4. The second-order valence-corrected chi connectivity index (χ2v) is 4.40. The molecular weight excluding hydrogens is 218 g/mol. The van der Waals surface area contributed by atoms with Gasteiger partial charge in [-0.2, -0.15) is 0 Å². The van der Waals surface area contributed by atoms with Gasteiger partial charge in [0.05, 0.1) is 0 Å². The summed E-state index contributed by atoms with van der Waals surface area (Å²) >= 11 is 0. The van der Waals surface area contributed by atoms with Crippen LogP contribution in [-0.2, 0) is 0 Å². The molecule has 0 fully saturated rings. The van der Waals surface area contributed by atoms with Gasteiger partial charge in [0.2, 0.25) is 0 Å². The first kappa shape index (κ1) is 11.8. The maximum atomic E-state index is 13.9. The molecule has 0 aromatic heterocycles. The molecule has 2 heteroatoms. The van der Waals surface area contributed by atoms with E-state index in [1.165, 1.54) is 18.2 Å². The Morgan fingerprint density at radius 3 is 2.29 bits per heavy atom. The van der Waals surface area contributed by atoms with Crippen molar-refractivity contribution in [3.05, 3.63) is 59.7 Å². The molecule has 0 amide bonds. The molecular formula is C15H14F2. The molecule has 0 saturated heterocycles. The molecule has 2 aromatic rings. The highest BCUT2D eigenvalue weighted by molar-refractivity contribution is 5.64. The molecule has 17 heavy (non-hydrogen) atoms. The monoisotopic (exact) mass is 232 g/mol. The summed E-state index contributed by atoms with van der Waals surface area (Å²) in [5, 5.41) is 0. The second kappa shape index (κ2) is 4.66. The molecule has 0 unspecified atom stereocenters. The van der Waals surface area contributed by atoms with E-state index in [0.29, 0.717) is 11.1 Å². The molecule has 2 rings (SSSR count). The van der Waals surface area contributed by atoms with E-state index in [4.69, 9.17) is 0 Å². The van der Waals surface area contributed by atoms with Crippen molar-refractivity contribution in [2.45, 2.75) is 19.8 Å². The van der Waals surface area contributed by atoms with Crippen LogP contribution in [0, 0.1) is 11.6 Å². The second-order valence-electron chi connectivity index (χ2n) is 4.40. The van der Waals surface area contributed by atoms with E-state index in [1.54, 1.807) is 18.2 Å². The smallest absolute Gasteiger partial charge is 0.131 e. The minimum atomic E-state index is -0.352. The van der Waals surface area contributed by atoms with Gasteiger partial charge < -0.3 is 0 Å². The third-order valence-corrected chi connectivity index (χ3v) is 2.80. The van der Waals surface area contributed by atoms with Gasteiger partial charge in [-0.25, -0.2) is 8.78 Å². The highest BCUT2D eigenvalue weighted by Crippen LogP contribution is 2.26. The standard InChI is InChI=1S/C15H14F2/c1-10(2)11-6-7-14(15(17)9-11)12-4-3-5-13(16)8-12/h3-10H,1-2H3. The van der Waals surface area contributed by atoms with E-state index < -0.39 is 0 Å². The van der Waals surface area contributed by atoms with Crippen LogP contribution in [0.1, 0.15) is 25.3 Å². The van der Waals surface area contributed by atoms with Crippen molar-refractivity contribution in [3.8, 4) is 11.1 Å². The van der Waals surface area contributed by atoms with Crippen LogP contribution in [-0.4, -0.2) is 0 Å². The van der Waals surface area contributed by atoms with Crippen molar-refractivity contribution < 1.29 is 8.78 Å². The molecule has 0 aliphatic carbocycles. The minimum absolute atomic E-state index is 0.283. The van der Waals surface area contributed by atoms with E-state index in [-0.39, 0.29) is 17.6 Å². The normalized spacial score (nSPS) is 10.9. The SMILES string of the molecule is CC(C)c1ccc(-c2cccc(F)c2)c(F)c1. The highest BCUT2D eigenvalue weighted by atomic mass is 19.1. The van der Waals surface area contributed by atoms with E-state index in [0.717, 1.165) is 5.56 Å². The summed E-state index contributed by atoms with van der Waals surface area (Å²) in [6.07, 6.45) is 0. The molecule has 0 aliphatic heterocycles. The Kier molecular flexibility index (Phi) is 3.23. The van der Waals surface area contributed by atoms with Crippen molar-refractivity contribution in [1.82, 2.24) is 0 Å². The van der Waals surface area contributed by atoms with E-state index in [2.05, 4.69) is 0 Å². The topological polar surface area (TPSA) is 0 Å². The number of benzene rings is 2. The van der Waals surface area contributed by atoms with Crippen LogP contribution < -0.4 is 0 Å². The molecule has 0 nitrogen and oxygen atoms in total. The summed E-state index contributed by atoms with van der Waals surface area (Å²) in [5.41, 5.74) is 1.95. The van der Waals surface area contributed by atoms with Gasteiger partial charge in [0.25, 0.3) is 0 Å². The highest BCUT2D eigenvalue weighted by Gasteiger charge is 2.08. The van der Waals surface area contributed by atoms with Crippen LogP contribution in [0.15, 0.2) is 42.5 Å². The number of hydrogen-bond acceptors (Lipinski definition) is 0. The first-order chi connectivity index (χ1) is 8.08. The third-order valence-electron chi connectivity index (χ3n) is 2.80. The van der Waals surface area contributed by atoms with Gasteiger partial charge in [-0.15, -0.1) is 0 Å². The molecule has 0 aliphatic rings. The number of hydrogen-bond donors (Lipinski definition) is 0. The van der Waals surface area contributed by atoms with Crippen LogP contribution >= 0.6 is 0 Å². The van der Waals surface area contributed by atoms with Crippen LogP contribution in [0.25, 0.3) is 11.1 Å². The summed E-state index contributed by atoms with van der Waals surface area (Å²) in [7, 11) is 0. The number of rotatable bonds is 2. The Morgan fingerprint density at radius 2 is 1.71 bits per heavy atom. The first-order valence-corrected chi connectivity index (χ1v) is 5.63. The Labute approximate surface area is 99.9 Å². The van der Waals surface area contributed by atoms with E-state index in [1.807, 2.05) is 19.9 Å². The van der Waals surface area contributed by atoms with Gasteiger partial charge in [0, 0.05) is 5.56 Å². The fraction of sp³-hybridized carbons (Fsp3) is 0.200. The molecule has 88 valence electrons. The van der Waals surface area contributed by atoms with Crippen LogP contribution in [0.4, 0.5) is 8.78 Å². The average Bonchev–Trinajstić information content (AvgIpc) is 2.28. The molecule has 0 N–H and O–H groups in total. The lowest BCUT2D eigenvalue weighted by Crippen LogP contribution is -1.91. The van der Waals surface area contributed by atoms with Gasteiger partial charge in [-0.3, -0.25) is 0 Å². The molecule has 0 atom stereocenters. The predicted octanol–water partition coefficient (Wildman–Crippen LogP) is 4.76. The van der Waals surface area contributed by atoms with Crippen molar-refractivity contribution >= 4 is 0 Å².